The van der Waals surface area contributed by atoms with Gasteiger partial charge in [0.2, 0.25) is 0 Å². The third-order valence-corrected chi connectivity index (χ3v) is 3.51. The Morgan fingerprint density at radius 2 is 2.45 bits per heavy atom. The molecule has 0 bridgehead atoms. The average molecular weight is 289 g/mol. The van der Waals surface area contributed by atoms with Gasteiger partial charge >= 0.3 is 0 Å². The Morgan fingerprint density at radius 3 is 3.15 bits per heavy atom. The third kappa shape index (κ3) is 2.45. The average Bonchev–Trinajstić information content (AvgIpc) is 3.16. The molecule has 20 heavy (non-hydrogen) atoms. The van der Waals surface area contributed by atoms with Gasteiger partial charge in [-0.05, 0) is 11.4 Å². The van der Waals surface area contributed by atoms with Gasteiger partial charge in [0.05, 0.1) is 23.9 Å². The van der Waals surface area contributed by atoms with E-state index in [-0.39, 0.29) is 12.5 Å². The van der Waals surface area contributed by atoms with Gasteiger partial charge in [-0.2, -0.15) is 4.98 Å². The van der Waals surface area contributed by atoms with E-state index >= 15 is 0 Å². The van der Waals surface area contributed by atoms with Crippen LogP contribution >= 0.6 is 11.3 Å². The minimum Gasteiger partial charge on any atom is -0.343 e. The van der Waals surface area contributed by atoms with Gasteiger partial charge in [0.25, 0.3) is 11.8 Å². The van der Waals surface area contributed by atoms with Gasteiger partial charge in [0.1, 0.15) is 5.69 Å². The molecule has 0 fully saturated rings. The third-order valence-electron chi connectivity index (χ3n) is 2.66. The van der Waals surface area contributed by atoms with E-state index in [2.05, 4.69) is 20.4 Å². The van der Waals surface area contributed by atoms with Gasteiger partial charge < -0.3 is 14.4 Å². The lowest BCUT2D eigenvalue weighted by atomic mass is 10.4. The van der Waals surface area contributed by atoms with Crippen LogP contribution in [-0.2, 0) is 13.6 Å². The van der Waals surface area contributed by atoms with Crippen molar-refractivity contribution in [2.75, 3.05) is 0 Å². The summed E-state index contributed by atoms with van der Waals surface area (Å²) in [7, 11) is 1.76. The Hall–Kier alpha value is -2.48. The summed E-state index contributed by atoms with van der Waals surface area (Å²) in [4.78, 5) is 20.9. The summed E-state index contributed by atoms with van der Waals surface area (Å²) >= 11 is 1.52. The predicted octanol–water partition coefficient (Wildman–Crippen LogP) is 1.46. The summed E-state index contributed by atoms with van der Waals surface area (Å²) < 4.78 is 6.78. The lowest BCUT2D eigenvalue weighted by Crippen LogP contribution is -2.25. The van der Waals surface area contributed by atoms with Crippen LogP contribution in [0.3, 0.4) is 0 Å². The van der Waals surface area contributed by atoms with Gasteiger partial charge in [-0.15, -0.1) is 11.3 Å². The molecular weight excluding hydrogens is 278 g/mol. The molecule has 3 aromatic rings. The zero-order valence-electron chi connectivity index (χ0n) is 10.6. The minimum atomic E-state index is -0.229. The number of aryl methyl sites for hydroxylation is 1. The fourth-order valence-corrected chi connectivity index (χ4v) is 2.30. The number of thiophene rings is 1. The molecule has 3 aromatic heterocycles. The Kier molecular flexibility index (Phi) is 3.30. The first-order valence-electron chi connectivity index (χ1n) is 5.85. The Balaban J connectivity index is 1.65. The second kappa shape index (κ2) is 5.25. The molecular formula is C12H11N5O2S. The van der Waals surface area contributed by atoms with E-state index in [0.29, 0.717) is 17.4 Å². The molecule has 3 heterocycles. The molecule has 102 valence electrons. The second-order valence-corrected chi connectivity index (χ2v) is 5.01. The lowest BCUT2D eigenvalue weighted by Gasteiger charge is -2.02. The molecule has 0 unspecified atom stereocenters. The molecule has 3 rings (SSSR count). The van der Waals surface area contributed by atoms with Gasteiger partial charge in [-0.1, -0.05) is 11.2 Å². The molecule has 0 saturated carbocycles. The predicted molar refractivity (Wildman–Crippen MR) is 72.0 cm³/mol. The number of rotatable bonds is 4. The molecule has 0 aliphatic rings. The Bertz CT molecular complexity index is 716. The number of hydrogen-bond donors (Lipinski definition) is 1. The van der Waals surface area contributed by atoms with Crippen LogP contribution in [0.5, 0.6) is 0 Å². The van der Waals surface area contributed by atoms with E-state index in [1.165, 1.54) is 17.5 Å². The van der Waals surface area contributed by atoms with Crippen molar-refractivity contribution in [3.8, 4) is 10.8 Å². The van der Waals surface area contributed by atoms with Crippen molar-refractivity contribution >= 4 is 17.2 Å². The SMILES string of the molecule is Cn1cncc1C(=O)NCc1noc(-c2cccs2)n1. The largest absolute Gasteiger partial charge is 0.343 e. The molecule has 1 N–H and O–H groups in total. The molecule has 0 radical (unpaired) electrons. The van der Waals surface area contributed by atoms with Gasteiger partial charge in [0.15, 0.2) is 5.82 Å². The summed E-state index contributed by atoms with van der Waals surface area (Å²) in [5.41, 5.74) is 0.479. The topological polar surface area (TPSA) is 85.8 Å². The molecule has 0 aliphatic heterocycles. The second-order valence-electron chi connectivity index (χ2n) is 4.07. The van der Waals surface area contributed by atoms with Crippen LogP contribution in [0.1, 0.15) is 16.3 Å². The zero-order chi connectivity index (χ0) is 13.9. The van der Waals surface area contributed by atoms with Crippen LogP contribution in [0.2, 0.25) is 0 Å². The van der Waals surface area contributed by atoms with E-state index in [9.17, 15) is 4.79 Å². The fourth-order valence-electron chi connectivity index (χ4n) is 1.65. The van der Waals surface area contributed by atoms with Crippen LogP contribution in [-0.4, -0.2) is 25.6 Å². The number of carbonyl (C=O) groups excluding carboxylic acids is 1. The van der Waals surface area contributed by atoms with E-state index in [0.717, 1.165) is 4.88 Å². The smallest absolute Gasteiger partial charge is 0.269 e. The molecule has 0 aliphatic carbocycles. The fraction of sp³-hybridized carbons (Fsp3) is 0.167. The highest BCUT2D eigenvalue weighted by molar-refractivity contribution is 7.13. The lowest BCUT2D eigenvalue weighted by molar-refractivity contribution is 0.0941. The molecule has 8 heteroatoms. The summed E-state index contributed by atoms with van der Waals surface area (Å²) in [5, 5.41) is 8.48. The standard InChI is InChI=1S/C12H11N5O2S/c1-17-7-13-5-8(17)11(18)14-6-10-15-12(19-16-10)9-3-2-4-20-9/h2-5,7H,6H2,1H3,(H,14,18). The first-order valence-corrected chi connectivity index (χ1v) is 6.73. The van der Waals surface area contributed by atoms with Crippen LogP contribution in [0, 0.1) is 0 Å². The summed E-state index contributed by atoms with van der Waals surface area (Å²) in [6.45, 7) is 0.207. The van der Waals surface area contributed by atoms with Gasteiger partial charge in [-0.25, -0.2) is 4.98 Å². The number of carbonyl (C=O) groups is 1. The van der Waals surface area contributed by atoms with Crippen molar-refractivity contribution in [2.24, 2.45) is 7.05 Å². The van der Waals surface area contributed by atoms with Crippen LogP contribution < -0.4 is 5.32 Å². The monoisotopic (exact) mass is 289 g/mol. The van der Waals surface area contributed by atoms with E-state index < -0.39 is 0 Å². The highest BCUT2D eigenvalue weighted by Crippen LogP contribution is 2.22. The minimum absolute atomic E-state index is 0.207. The number of hydrogen-bond acceptors (Lipinski definition) is 6. The van der Waals surface area contributed by atoms with Gasteiger partial charge in [0, 0.05) is 7.05 Å². The van der Waals surface area contributed by atoms with Crippen molar-refractivity contribution in [3.63, 3.8) is 0 Å². The molecule has 1 amide bonds. The maximum atomic E-state index is 11.9. The highest BCUT2D eigenvalue weighted by atomic mass is 32.1. The maximum Gasteiger partial charge on any atom is 0.269 e. The van der Waals surface area contributed by atoms with Crippen LogP contribution in [0.4, 0.5) is 0 Å². The Morgan fingerprint density at radius 1 is 1.55 bits per heavy atom. The summed E-state index contributed by atoms with van der Waals surface area (Å²) in [5.74, 6) is 0.668. The van der Waals surface area contributed by atoms with E-state index in [1.54, 1.807) is 17.9 Å². The highest BCUT2D eigenvalue weighted by Gasteiger charge is 2.13. The van der Waals surface area contributed by atoms with Crippen molar-refractivity contribution in [2.45, 2.75) is 6.54 Å². The summed E-state index contributed by atoms with van der Waals surface area (Å²) in [6.07, 6.45) is 3.07. The van der Waals surface area contributed by atoms with Crippen molar-refractivity contribution in [3.05, 3.63) is 41.6 Å². The maximum absolute atomic E-state index is 11.9. The van der Waals surface area contributed by atoms with Crippen LogP contribution in [0.15, 0.2) is 34.6 Å². The van der Waals surface area contributed by atoms with Crippen molar-refractivity contribution in [1.29, 1.82) is 0 Å². The van der Waals surface area contributed by atoms with E-state index in [4.69, 9.17) is 4.52 Å². The van der Waals surface area contributed by atoms with E-state index in [1.807, 2.05) is 17.5 Å². The number of amides is 1. The molecule has 7 nitrogen and oxygen atoms in total. The first kappa shape index (κ1) is 12.5. The molecule has 0 saturated heterocycles. The normalized spacial score (nSPS) is 10.7. The van der Waals surface area contributed by atoms with Crippen molar-refractivity contribution < 1.29 is 9.32 Å². The molecule has 0 spiro atoms. The zero-order valence-corrected chi connectivity index (χ0v) is 11.4. The number of nitrogens with one attached hydrogen (secondary N) is 1. The number of imidazole rings is 1. The quantitative estimate of drug-likeness (QED) is 0.786. The first-order chi connectivity index (χ1) is 9.74. The number of aromatic nitrogens is 4. The van der Waals surface area contributed by atoms with Crippen LogP contribution in [0.25, 0.3) is 10.8 Å². The number of nitrogens with zero attached hydrogens (tertiary/aromatic N) is 4. The summed E-state index contributed by atoms with van der Waals surface area (Å²) in [6, 6.07) is 3.81. The van der Waals surface area contributed by atoms with Gasteiger partial charge in [-0.3, -0.25) is 4.79 Å². The molecule has 0 atom stereocenters. The Labute approximate surface area is 118 Å². The van der Waals surface area contributed by atoms with Crippen molar-refractivity contribution in [1.82, 2.24) is 25.0 Å². The molecule has 0 aromatic carbocycles.